The van der Waals surface area contributed by atoms with E-state index in [1.807, 2.05) is 12.1 Å². The number of nitrogens with zero attached hydrogens (tertiary/aromatic N) is 4. The van der Waals surface area contributed by atoms with Crippen molar-refractivity contribution in [2.24, 2.45) is 0 Å². The topological polar surface area (TPSA) is 85.4 Å². The lowest BCUT2D eigenvalue weighted by molar-refractivity contribution is -0.130. The monoisotopic (exact) mass is 399 g/mol. The van der Waals surface area contributed by atoms with Gasteiger partial charge in [-0.1, -0.05) is 5.57 Å². The molecule has 156 valence electrons. The maximum absolute atomic E-state index is 12.1. The van der Waals surface area contributed by atoms with Gasteiger partial charge in [0.2, 0.25) is 5.91 Å². The lowest BCUT2D eigenvalue weighted by Gasteiger charge is -2.19. The van der Waals surface area contributed by atoms with E-state index in [0.717, 1.165) is 62.9 Å². The molecule has 0 saturated carbocycles. The number of carbonyl (C=O) groups excluding carboxylic acids is 1. The van der Waals surface area contributed by atoms with Crippen molar-refractivity contribution in [3.63, 3.8) is 0 Å². The average molecular weight is 399 g/mol. The zero-order valence-corrected chi connectivity index (χ0v) is 17.0. The molecule has 0 spiro atoms. The van der Waals surface area contributed by atoms with Gasteiger partial charge in [-0.3, -0.25) is 9.69 Å². The Hall–Kier alpha value is -2.45. The predicted molar refractivity (Wildman–Crippen MR) is 108 cm³/mol. The molecule has 0 bridgehead atoms. The minimum Gasteiger partial charge on any atom is -0.465 e. The van der Waals surface area contributed by atoms with E-state index >= 15 is 0 Å². The second-order valence-corrected chi connectivity index (χ2v) is 7.76. The molecule has 2 aliphatic heterocycles. The molecule has 2 aromatic rings. The largest absolute Gasteiger partial charge is 0.465 e. The fourth-order valence-electron chi connectivity index (χ4n) is 3.98. The van der Waals surface area contributed by atoms with Crippen molar-refractivity contribution in [3.05, 3.63) is 41.4 Å². The molecule has 1 amide bonds. The molecule has 1 fully saturated rings. The zero-order valence-electron chi connectivity index (χ0n) is 17.0. The van der Waals surface area contributed by atoms with Crippen LogP contribution in [0.5, 0.6) is 0 Å². The van der Waals surface area contributed by atoms with E-state index in [1.54, 1.807) is 6.26 Å². The standard InChI is InChI=1S/C21H29N5O3/c1-16(14-17-4-2-12-28-17)15-25-9-7-20-24-23-19(26(20)11-10-25)6-8-22-21(27)18-5-3-13-29-18/h2,4,12,14,18H,3,5-11,13,15H2,1H3,(H,22,27)/b16-14+. The van der Waals surface area contributed by atoms with Crippen LogP contribution in [0.4, 0.5) is 0 Å². The molecule has 1 unspecified atom stereocenters. The molecule has 29 heavy (non-hydrogen) atoms. The van der Waals surface area contributed by atoms with Gasteiger partial charge in [-0.15, -0.1) is 10.2 Å². The van der Waals surface area contributed by atoms with E-state index in [9.17, 15) is 4.79 Å². The smallest absolute Gasteiger partial charge is 0.249 e. The molecule has 4 rings (SSSR count). The Labute approximate surface area is 170 Å². The Balaban J connectivity index is 1.28. The zero-order chi connectivity index (χ0) is 20.1. The van der Waals surface area contributed by atoms with E-state index in [4.69, 9.17) is 9.15 Å². The van der Waals surface area contributed by atoms with Crippen LogP contribution in [0, 0.1) is 0 Å². The van der Waals surface area contributed by atoms with E-state index in [0.29, 0.717) is 19.6 Å². The first-order valence-corrected chi connectivity index (χ1v) is 10.4. The number of hydrogen-bond acceptors (Lipinski definition) is 6. The molecule has 8 nitrogen and oxygen atoms in total. The van der Waals surface area contributed by atoms with Crippen LogP contribution in [0.2, 0.25) is 0 Å². The quantitative estimate of drug-likeness (QED) is 0.762. The lowest BCUT2D eigenvalue weighted by atomic mass is 10.2. The normalized spacial score (nSPS) is 20.4. The van der Waals surface area contributed by atoms with E-state index in [2.05, 4.69) is 38.0 Å². The van der Waals surface area contributed by atoms with E-state index in [-0.39, 0.29) is 12.0 Å². The summed E-state index contributed by atoms with van der Waals surface area (Å²) in [6.45, 7) is 7.06. The van der Waals surface area contributed by atoms with Gasteiger partial charge in [-0.2, -0.15) is 0 Å². The first-order valence-electron chi connectivity index (χ1n) is 10.4. The van der Waals surface area contributed by atoms with Crippen molar-refractivity contribution in [2.45, 2.75) is 45.3 Å². The number of amides is 1. The third-order valence-corrected chi connectivity index (χ3v) is 5.47. The molecule has 4 heterocycles. The summed E-state index contributed by atoms with van der Waals surface area (Å²) in [5.74, 6) is 2.85. The fraction of sp³-hybridized carbons (Fsp3) is 0.571. The Morgan fingerprint density at radius 1 is 1.34 bits per heavy atom. The van der Waals surface area contributed by atoms with Crippen LogP contribution in [0.25, 0.3) is 6.08 Å². The van der Waals surface area contributed by atoms with Crippen molar-refractivity contribution in [2.75, 3.05) is 32.8 Å². The second-order valence-electron chi connectivity index (χ2n) is 7.76. The van der Waals surface area contributed by atoms with Crippen LogP contribution in [0.15, 0.2) is 28.4 Å². The molecule has 1 atom stereocenters. The molecule has 1 N–H and O–H groups in total. The first-order chi connectivity index (χ1) is 14.2. The highest BCUT2D eigenvalue weighted by Gasteiger charge is 2.23. The number of carbonyl (C=O) groups is 1. The molecule has 0 aromatic carbocycles. The van der Waals surface area contributed by atoms with Crippen LogP contribution in [-0.4, -0.2) is 64.5 Å². The van der Waals surface area contributed by atoms with Gasteiger partial charge in [-0.05, 0) is 38.0 Å². The summed E-state index contributed by atoms with van der Waals surface area (Å²) >= 11 is 0. The number of ether oxygens (including phenoxy) is 1. The maximum Gasteiger partial charge on any atom is 0.249 e. The summed E-state index contributed by atoms with van der Waals surface area (Å²) in [7, 11) is 0. The fourth-order valence-corrected chi connectivity index (χ4v) is 3.98. The van der Waals surface area contributed by atoms with Crippen LogP contribution in [0.3, 0.4) is 0 Å². The Morgan fingerprint density at radius 2 is 2.28 bits per heavy atom. The Morgan fingerprint density at radius 3 is 3.07 bits per heavy atom. The van der Waals surface area contributed by atoms with Gasteiger partial charge in [0.05, 0.1) is 6.26 Å². The van der Waals surface area contributed by atoms with Gasteiger partial charge in [-0.25, -0.2) is 0 Å². The molecule has 2 aromatic heterocycles. The Bertz CT molecular complexity index is 837. The number of nitrogens with one attached hydrogen (secondary N) is 1. The highest BCUT2D eigenvalue weighted by Crippen LogP contribution is 2.14. The van der Waals surface area contributed by atoms with Crippen LogP contribution >= 0.6 is 0 Å². The number of furan rings is 1. The van der Waals surface area contributed by atoms with E-state index < -0.39 is 0 Å². The first kappa shape index (κ1) is 19.8. The maximum atomic E-state index is 12.1. The minimum absolute atomic E-state index is 0.0110. The van der Waals surface area contributed by atoms with Crippen LogP contribution in [-0.2, 0) is 28.9 Å². The average Bonchev–Trinajstić information content (AvgIpc) is 3.45. The Kier molecular flexibility index (Phi) is 6.41. The van der Waals surface area contributed by atoms with Gasteiger partial charge in [0.1, 0.15) is 23.5 Å². The van der Waals surface area contributed by atoms with Gasteiger partial charge in [0.15, 0.2) is 0 Å². The molecule has 8 heteroatoms. The summed E-state index contributed by atoms with van der Waals surface area (Å²) in [5, 5.41) is 11.7. The van der Waals surface area contributed by atoms with Gasteiger partial charge in [0, 0.05) is 52.2 Å². The van der Waals surface area contributed by atoms with Crippen LogP contribution < -0.4 is 5.32 Å². The summed E-state index contributed by atoms with van der Waals surface area (Å²) in [6, 6.07) is 3.87. The van der Waals surface area contributed by atoms with Crippen molar-refractivity contribution < 1.29 is 13.9 Å². The van der Waals surface area contributed by atoms with Crippen molar-refractivity contribution in [1.29, 1.82) is 0 Å². The van der Waals surface area contributed by atoms with Gasteiger partial charge in [0.25, 0.3) is 0 Å². The molecule has 1 saturated heterocycles. The molecular formula is C21H29N5O3. The third-order valence-electron chi connectivity index (χ3n) is 5.47. The number of hydrogen-bond donors (Lipinski definition) is 1. The SMILES string of the molecule is C/C(=C\c1ccco1)CN1CCc2nnc(CCNC(=O)C3CCCO3)n2CC1. The molecule has 0 radical (unpaired) electrons. The van der Waals surface area contributed by atoms with Crippen molar-refractivity contribution in [1.82, 2.24) is 25.0 Å². The number of aromatic nitrogens is 3. The van der Waals surface area contributed by atoms with Crippen molar-refractivity contribution in [3.8, 4) is 0 Å². The lowest BCUT2D eigenvalue weighted by Crippen LogP contribution is -2.35. The second kappa shape index (κ2) is 9.37. The minimum atomic E-state index is -0.281. The molecule has 0 aliphatic carbocycles. The van der Waals surface area contributed by atoms with Crippen LogP contribution in [0.1, 0.15) is 37.2 Å². The predicted octanol–water partition coefficient (Wildman–Crippen LogP) is 1.67. The summed E-state index contributed by atoms with van der Waals surface area (Å²) in [4.78, 5) is 14.5. The van der Waals surface area contributed by atoms with E-state index in [1.165, 1.54) is 5.57 Å². The summed E-state index contributed by atoms with van der Waals surface area (Å²) in [6.07, 6.45) is 6.84. The highest BCUT2D eigenvalue weighted by molar-refractivity contribution is 5.80. The van der Waals surface area contributed by atoms with Crippen molar-refractivity contribution >= 4 is 12.0 Å². The highest BCUT2D eigenvalue weighted by atomic mass is 16.5. The molecular weight excluding hydrogens is 370 g/mol. The summed E-state index contributed by atoms with van der Waals surface area (Å²) < 4.78 is 13.0. The summed E-state index contributed by atoms with van der Waals surface area (Å²) in [5.41, 5.74) is 1.27. The molecule has 2 aliphatic rings. The third kappa shape index (κ3) is 5.13. The van der Waals surface area contributed by atoms with Gasteiger partial charge >= 0.3 is 0 Å². The van der Waals surface area contributed by atoms with Gasteiger partial charge < -0.3 is 19.0 Å². The number of rotatable bonds is 7. The number of fused-ring (bicyclic) bond motifs is 1.